The topological polar surface area (TPSA) is 54.9 Å². The minimum atomic E-state index is -1.21. The molecule has 5 nitrogen and oxygen atoms in total. The van der Waals surface area contributed by atoms with Crippen molar-refractivity contribution in [1.82, 2.24) is 0 Å². The second kappa shape index (κ2) is 11.3. The number of alkyl halides is 1. The molecule has 0 aromatic heterocycles. The Balaban J connectivity index is 1.64. The zero-order valence-corrected chi connectivity index (χ0v) is 19.6. The molecule has 0 unspecified atom stereocenters. The first-order valence-corrected chi connectivity index (χ1v) is 11.3. The van der Waals surface area contributed by atoms with Crippen LogP contribution in [-0.4, -0.2) is 38.2 Å². The molecular weight excluding hydrogens is 424 g/mol. The van der Waals surface area contributed by atoms with Crippen molar-refractivity contribution in [3.05, 3.63) is 54.4 Å². The molecule has 0 spiro atoms. The first kappa shape index (κ1) is 24.7. The number of benzene rings is 2. The molecule has 0 amide bonds. The Bertz CT molecular complexity index is 965. The van der Waals surface area contributed by atoms with E-state index in [1.807, 2.05) is 24.3 Å². The van der Waals surface area contributed by atoms with Gasteiger partial charge in [0, 0.05) is 47.9 Å². The highest BCUT2D eigenvalue weighted by Crippen LogP contribution is 2.34. The van der Waals surface area contributed by atoms with Gasteiger partial charge >= 0.3 is 0 Å². The predicted molar refractivity (Wildman–Crippen MR) is 132 cm³/mol. The van der Waals surface area contributed by atoms with Gasteiger partial charge in [-0.1, -0.05) is 6.58 Å². The molecule has 1 aliphatic heterocycles. The highest BCUT2D eigenvalue weighted by molar-refractivity contribution is 5.83. The third-order valence-electron chi connectivity index (χ3n) is 5.34. The van der Waals surface area contributed by atoms with Crippen LogP contribution < -0.4 is 15.4 Å². The maximum absolute atomic E-state index is 15.0. The second-order valence-electron chi connectivity index (χ2n) is 8.80. The van der Waals surface area contributed by atoms with Crippen LogP contribution in [0.1, 0.15) is 39.2 Å². The molecule has 178 valence electrons. The fraction of sp³-hybridized carbons (Fsp3) is 0.423. The molecule has 0 bridgehead atoms. The summed E-state index contributed by atoms with van der Waals surface area (Å²) in [6, 6.07) is 10.6. The lowest BCUT2D eigenvalue weighted by Crippen LogP contribution is -2.28. The fourth-order valence-electron chi connectivity index (χ4n) is 3.40. The number of nitrogens with one attached hydrogen (secondary N) is 2. The molecule has 3 rings (SSSR count). The molecule has 1 aliphatic rings. The average molecular weight is 458 g/mol. The number of rotatable bonds is 12. The summed E-state index contributed by atoms with van der Waals surface area (Å²) in [5, 5.41) is 6.34. The number of anilines is 2. The Morgan fingerprint density at radius 3 is 2.55 bits per heavy atom. The van der Waals surface area contributed by atoms with E-state index in [4.69, 9.17) is 9.47 Å². The van der Waals surface area contributed by atoms with Gasteiger partial charge in [0.05, 0.1) is 31.1 Å². The third-order valence-corrected chi connectivity index (χ3v) is 5.34. The van der Waals surface area contributed by atoms with Crippen molar-refractivity contribution in [3.63, 3.8) is 0 Å². The maximum Gasteiger partial charge on any atom is 0.138 e. The number of aliphatic imine (C=N–C) groups is 1. The number of ether oxygens (including phenoxy) is 2. The summed E-state index contributed by atoms with van der Waals surface area (Å²) < 4.78 is 39.6. The molecule has 0 atom stereocenters. The summed E-state index contributed by atoms with van der Waals surface area (Å²) >= 11 is 0. The molecule has 2 aromatic rings. The fourth-order valence-corrected chi connectivity index (χ4v) is 3.40. The highest BCUT2D eigenvalue weighted by Gasteiger charge is 2.19. The van der Waals surface area contributed by atoms with Gasteiger partial charge in [-0.2, -0.15) is 0 Å². The molecule has 1 heterocycles. The molecule has 33 heavy (non-hydrogen) atoms. The van der Waals surface area contributed by atoms with Crippen molar-refractivity contribution in [2.24, 2.45) is 10.9 Å². The lowest BCUT2D eigenvalue weighted by molar-refractivity contribution is -0.0401. The minimum absolute atomic E-state index is 0.292. The molecule has 0 radical (unpaired) electrons. The monoisotopic (exact) mass is 457 g/mol. The molecule has 7 heteroatoms. The van der Waals surface area contributed by atoms with Crippen molar-refractivity contribution in [2.75, 3.05) is 37.0 Å². The Hall–Kier alpha value is -2.93. The Morgan fingerprint density at radius 2 is 1.94 bits per heavy atom. The van der Waals surface area contributed by atoms with E-state index in [1.165, 1.54) is 6.07 Å². The van der Waals surface area contributed by atoms with Crippen molar-refractivity contribution >= 4 is 29.0 Å². The van der Waals surface area contributed by atoms with Gasteiger partial charge < -0.3 is 20.1 Å². The van der Waals surface area contributed by atoms with Gasteiger partial charge in [0.1, 0.15) is 17.2 Å². The standard InChI is InChI=1S/C26H33F2N3O2/c1-5-29-24-15-22(33-13-10-19-16-32-17-19)14-23(27)25(24)18(2)31-21-8-6-20(7-9-21)30-12-11-26(3,4)28/h5-9,14-15,19,30-31H,2,10-13,16-17H2,1,3-4H3. The van der Waals surface area contributed by atoms with E-state index < -0.39 is 11.5 Å². The van der Waals surface area contributed by atoms with Crippen molar-refractivity contribution in [3.8, 4) is 5.75 Å². The molecular formula is C26H33F2N3O2. The van der Waals surface area contributed by atoms with Gasteiger partial charge in [-0.05, 0) is 57.9 Å². The van der Waals surface area contributed by atoms with E-state index in [2.05, 4.69) is 22.2 Å². The van der Waals surface area contributed by atoms with E-state index >= 15 is 4.39 Å². The van der Waals surface area contributed by atoms with Gasteiger partial charge in [0.25, 0.3) is 0 Å². The summed E-state index contributed by atoms with van der Waals surface area (Å²) in [5.74, 6) is 0.504. The minimum Gasteiger partial charge on any atom is -0.493 e. The molecule has 1 fully saturated rings. The molecule has 0 saturated carbocycles. The van der Waals surface area contributed by atoms with Crippen LogP contribution in [0.5, 0.6) is 5.75 Å². The van der Waals surface area contributed by atoms with E-state index in [9.17, 15) is 4.39 Å². The number of hydrogen-bond acceptors (Lipinski definition) is 5. The normalized spacial score (nSPS) is 14.2. The summed E-state index contributed by atoms with van der Waals surface area (Å²) in [6.07, 6.45) is 2.90. The van der Waals surface area contributed by atoms with Crippen LogP contribution in [0.4, 0.5) is 25.8 Å². The summed E-state index contributed by atoms with van der Waals surface area (Å²) in [4.78, 5) is 4.32. The van der Waals surface area contributed by atoms with E-state index in [1.54, 1.807) is 33.1 Å². The zero-order valence-electron chi connectivity index (χ0n) is 19.6. The van der Waals surface area contributed by atoms with Gasteiger partial charge in [0.15, 0.2) is 0 Å². The molecule has 2 N–H and O–H groups in total. The Kier molecular flexibility index (Phi) is 8.44. The van der Waals surface area contributed by atoms with Crippen LogP contribution in [0, 0.1) is 11.7 Å². The van der Waals surface area contributed by atoms with Gasteiger partial charge in [-0.3, -0.25) is 4.99 Å². The molecule has 0 aliphatic carbocycles. The van der Waals surface area contributed by atoms with Crippen molar-refractivity contribution in [2.45, 2.75) is 39.3 Å². The van der Waals surface area contributed by atoms with Crippen LogP contribution in [0.2, 0.25) is 0 Å². The van der Waals surface area contributed by atoms with Crippen LogP contribution >= 0.6 is 0 Å². The van der Waals surface area contributed by atoms with E-state index in [0.717, 1.165) is 31.0 Å². The van der Waals surface area contributed by atoms with Gasteiger partial charge in [0.2, 0.25) is 0 Å². The summed E-state index contributed by atoms with van der Waals surface area (Å²) in [5.41, 5.74) is 1.56. The Morgan fingerprint density at radius 1 is 1.24 bits per heavy atom. The molecule has 2 aromatic carbocycles. The first-order valence-electron chi connectivity index (χ1n) is 11.3. The number of nitrogens with zero attached hydrogens (tertiary/aromatic N) is 1. The van der Waals surface area contributed by atoms with Crippen LogP contribution in [0.3, 0.4) is 0 Å². The lowest BCUT2D eigenvalue weighted by Gasteiger charge is -2.25. The highest BCUT2D eigenvalue weighted by atomic mass is 19.1. The smallest absolute Gasteiger partial charge is 0.138 e. The van der Waals surface area contributed by atoms with Gasteiger partial charge in [-0.15, -0.1) is 0 Å². The van der Waals surface area contributed by atoms with Crippen LogP contribution in [0.25, 0.3) is 5.70 Å². The second-order valence-corrected chi connectivity index (χ2v) is 8.80. The SMILES string of the molecule is C=C(Nc1ccc(NCCC(C)(C)F)cc1)c1c(F)cc(OCCC2COC2)cc1N=CC. The van der Waals surface area contributed by atoms with Crippen LogP contribution in [-0.2, 0) is 4.74 Å². The lowest BCUT2D eigenvalue weighted by atomic mass is 10.1. The summed E-state index contributed by atoms with van der Waals surface area (Å²) in [7, 11) is 0. The third kappa shape index (κ3) is 7.56. The molecule has 1 saturated heterocycles. The number of halogens is 2. The zero-order chi connectivity index (χ0) is 23.8. The average Bonchev–Trinajstić information content (AvgIpc) is 2.70. The number of hydrogen-bond donors (Lipinski definition) is 2. The summed E-state index contributed by atoms with van der Waals surface area (Å²) in [6.45, 7) is 11.5. The Labute approximate surface area is 194 Å². The van der Waals surface area contributed by atoms with Gasteiger partial charge in [-0.25, -0.2) is 8.78 Å². The van der Waals surface area contributed by atoms with Crippen molar-refractivity contribution < 1.29 is 18.3 Å². The van der Waals surface area contributed by atoms with E-state index in [-0.39, 0.29) is 0 Å². The van der Waals surface area contributed by atoms with E-state index in [0.29, 0.717) is 48.2 Å². The maximum atomic E-state index is 15.0. The largest absolute Gasteiger partial charge is 0.493 e. The van der Waals surface area contributed by atoms with Crippen LogP contribution in [0.15, 0.2) is 48.0 Å². The quantitative estimate of drug-likeness (QED) is 0.353. The first-order chi connectivity index (χ1) is 15.7. The van der Waals surface area contributed by atoms with Crippen molar-refractivity contribution in [1.29, 1.82) is 0 Å². The predicted octanol–water partition coefficient (Wildman–Crippen LogP) is 6.60.